The molecule has 0 fully saturated rings. The maximum atomic E-state index is 13.3. The van der Waals surface area contributed by atoms with Gasteiger partial charge in [-0.25, -0.2) is 8.78 Å². The molecule has 1 aromatic carbocycles. The Balaban J connectivity index is 3.17. The van der Waals surface area contributed by atoms with Crippen LogP contribution in [-0.2, 0) is 9.53 Å². The van der Waals surface area contributed by atoms with Crippen LogP contribution in [-0.4, -0.2) is 13.1 Å². The molecule has 0 saturated heterocycles. The van der Waals surface area contributed by atoms with Gasteiger partial charge in [0.15, 0.2) is 0 Å². The van der Waals surface area contributed by atoms with Crippen molar-refractivity contribution in [3.63, 3.8) is 0 Å². The molecule has 82 valence electrons. The van der Waals surface area contributed by atoms with Gasteiger partial charge in [-0.3, -0.25) is 4.79 Å². The van der Waals surface area contributed by atoms with Crippen molar-refractivity contribution < 1.29 is 18.3 Å². The summed E-state index contributed by atoms with van der Waals surface area (Å²) in [4.78, 5) is 11.3. The highest BCUT2D eigenvalue weighted by Crippen LogP contribution is 2.26. The van der Waals surface area contributed by atoms with E-state index in [1.165, 1.54) is 13.2 Å². The number of hydrogen-bond acceptors (Lipinski definition) is 2. The molecule has 0 heterocycles. The molecule has 4 heteroatoms. The summed E-state index contributed by atoms with van der Waals surface area (Å²) in [5.41, 5.74) is -0.216. The zero-order valence-electron chi connectivity index (χ0n) is 8.59. The minimum absolute atomic E-state index is 0.216. The minimum Gasteiger partial charge on any atom is -0.469 e. The number of halogens is 2. The zero-order valence-corrected chi connectivity index (χ0v) is 8.59. The van der Waals surface area contributed by atoms with Gasteiger partial charge in [-0.05, 0) is 18.6 Å². The van der Waals surface area contributed by atoms with Crippen molar-refractivity contribution in [2.24, 2.45) is 0 Å². The number of rotatable bonds is 3. The number of carbonyl (C=O) groups is 1. The third kappa shape index (κ3) is 2.32. The van der Waals surface area contributed by atoms with Crippen LogP contribution in [0.1, 0.15) is 24.8 Å². The summed E-state index contributed by atoms with van der Waals surface area (Å²) in [5.74, 6) is -2.93. The van der Waals surface area contributed by atoms with E-state index in [0.29, 0.717) is 6.42 Å². The molecule has 0 aliphatic carbocycles. The lowest BCUT2D eigenvalue weighted by molar-refractivity contribution is -0.142. The Morgan fingerprint density at radius 2 is 1.93 bits per heavy atom. The predicted octanol–water partition coefficient (Wildman–Crippen LogP) is 2.63. The lowest BCUT2D eigenvalue weighted by atomic mass is 9.95. The van der Waals surface area contributed by atoms with Gasteiger partial charge in [0.2, 0.25) is 0 Å². The second kappa shape index (κ2) is 4.87. The molecule has 0 aliphatic rings. The summed E-state index contributed by atoms with van der Waals surface area (Å²) in [6.45, 7) is 1.67. The molecule has 0 N–H and O–H groups in total. The molecule has 0 saturated carbocycles. The quantitative estimate of drug-likeness (QED) is 0.723. The number of ether oxygens (including phenoxy) is 1. The van der Waals surface area contributed by atoms with Gasteiger partial charge >= 0.3 is 5.97 Å². The third-order valence-corrected chi connectivity index (χ3v) is 2.24. The van der Waals surface area contributed by atoms with E-state index in [1.807, 2.05) is 0 Å². The van der Waals surface area contributed by atoms with Gasteiger partial charge in [0.05, 0.1) is 13.0 Å². The highest BCUT2D eigenvalue weighted by Gasteiger charge is 2.25. The smallest absolute Gasteiger partial charge is 0.313 e. The Hall–Kier alpha value is -1.45. The van der Waals surface area contributed by atoms with Crippen molar-refractivity contribution >= 4 is 5.97 Å². The average Bonchev–Trinajstić information content (AvgIpc) is 2.22. The molecule has 15 heavy (non-hydrogen) atoms. The van der Waals surface area contributed by atoms with Crippen LogP contribution in [0.4, 0.5) is 8.78 Å². The number of hydrogen-bond donors (Lipinski definition) is 0. The van der Waals surface area contributed by atoms with E-state index in [9.17, 15) is 13.6 Å². The first-order chi connectivity index (χ1) is 7.11. The number of benzene rings is 1. The first-order valence-corrected chi connectivity index (χ1v) is 4.63. The first-order valence-electron chi connectivity index (χ1n) is 4.63. The monoisotopic (exact) mass is 214 g/mol. The number of carbonyl (C=O) groups excluding carboxylic acids is 1. The van der Waals surface area contributed by atoms with Crippen molar-refractivity contribution in [1.29, 1.82) is 0 Å². The Kier molecular flexibility index (Phi) is 3.77. The van der Waals surface area contributed by atoms with E-state index >= 15 is 0 Å². The van der Waals surface area contributed by atoms with E-state index in [-0.39, 0.29) is 5.56 Å². The lowest BCUT2D eigenvalue weighted by Crippen LogP contribution is -2.16. The zero-order chi connectivity index (χ0) is 11.4. The van der Waals surface area contributed by atoms with Crippen LogP contribution >= 0.6 is 0 Å². The fourth-order valence-corrected chi connectivity index (χ4v) is 1.47. The second-order valence-electron chi connectivity index (χ2n) is 3.12. The van der Waals surface area contributed by atoms with Crippen molar-refractivity contribution in [3.05, 3.63) is 35.4 Å². The van der Waals surface area contributed by atoms with Crippen molar-refractivity contribution in [3.8, 4) is 0 Å². The Morgan fingerprint density at radius 3 is 2.33 bits per heavy atom. The van der Waals surface area contributed by atoms with Gasteiger partial charge < -0.3 is 4.74 Å². The van der Waals surface area contributed by atoms with Crippen LogP contribution in [0.3, 0.4) is 0 Å². The number of esters is 1. The molecular weight excluding hydrogens is 202 g/mol. The normalized spacial score (nSPS) is 12.3. The van der Waals surface area contributed by atoms with E-state index in [4.69, 9.17) is 0 Å². The summed E-state index contributed by atoms with van der Waals surface area (Å²) in [5, 5.41) is 0. The topological polar surface area (TPSA) is 26.3 Å². The lowest BCUT2D eigenvalue weighted by Gasteiger charge is -2.14. The van der Waals surface area contributed by atoms with Gasteiger partial charge in [-0.2, -0.15) is 0 Å². The Morgan fingerprint density at radius 1 is 1.40 bits per heavy atom. The largest absolute Gasteiger partial charge is 0.469 e. The molecule has 1 rings (SSSR count). The molecule has 1 unspecified atom stereocenters. The molecule has 1 atom stereocenters. The summed E-state index contributed by atoms with van der Waals surface area (Å²) >= 11 is 0. The SMILES string of the molecule is CCC(C(=O)OC)c1c(F)cccc1F. The maximum Gasteiger partial charge on any atom is 0.313 e. The van der Waals surface area contributed by atoms with Gasteiger partial charge in [0, 0.05) is 5.56 Å². The van der Waals surface area contributed by atoms with Gasteiger partial charge in [0.1, 0.15) is 11.6 Å². The van der Waals surface area contributed by atoms with Crippen molar-refractivity contribution in [2.45, 2.75) is 19.3 Å². The van der Waals surface area contributed by atoms with E-state index in [2.05, 4.69) is 4.74 Å². The van der Waals surface area contributed by atoms with Crippen molar-refractivity contribution in [1.82, 2.24) is 0 Å². The number of methoxy groups -OCH3 is 1. The van der Waals surface area contributed by atoms with Crippen molar-refractivity contribution in [2.75, 3.05) is 7.11 Å². The Labute approximate surface area is 86.9 Å². The van der Waals surface area contributed by atoms with Crippen LogP contribution in [0.2, 0.25) is 0 Å². The molecule has 0 amide bonds. The molecule has 0 spiro atoms. The van der Waals surface area contributed by atoms with E-state index < -0.39 is 23.5 Å². The fourth-order valence-electron chi connectivity index (χ4n) is 1.47. The summed E-state index contributed by atoms with van der Waals surface area (Å²) < 4.78 is 31.2. The van der Waals surface area contributed by atoms with E-state index in [1.54, 1.807) is 6.92 Å². The van der Waals surface area contributed by atoms with Crippen LogP contribution in [0.15, 0.2) is 18.2 Å². The molecular formula is C11H12F2O2. The Bertz CT molecular complexity index is 343. The summed E-state index contributed by atoms with van der Waals surface area (Å²) in [7, 11) is 1.20. The molecule has 0 bridgehead atoms. The molecule has 0 radical (unpaired) electrons. The van der Waals surface area contributed by atoms with Gasteiger partial charge in [0.25, 0.3) is 0 Å². The van der Waals surface area contributed by atoms with Crippen LogP contribution in [0, 0.1) is 11.6 Å². The molecule has 0 aliphatic heterocycles. The second-order valence-corrected chi connectivity index (χ2v) is 3.12. The molecule has 0 aromatic heterocycles. The van der Waals surface area contributed by atoms with Crippen LogP contribution in [0.25, 0.3) is 0 Å². The van der Waals surface area contributed by atoms with E-state index in [0.717, 1.165) is 12.1 Å². The standard InChI is InChI=1S/C11H12F2O2/c1-3-7(11(14)15-2)10-8(12)5-4-6-9(10)13/h4-7H,3H2,1-2H3. The highest BCUT2D eigenvalue weighted by molar-refractivity contribution is 5.78. The fraction of sp³-hybridized carbons (Fsp3) is 0.364. The van der Waals surface area contributed by atoms with Gasteiger partial charge in [-0.1, -0.05) is 13.0 Å². The summed E-state index contributed by atoms with van der Waals surface area (Å²) in [6, 6.07) is 3.52. The van der Waals surface area contributed by atoms with Gasteiger partial charge in [-0.15, -0.1) is 0 Å². The average molecular weight is 214 g/mol. The highest BCUT2D eigenvalue weighted by atomic mass is 19.1. The minimum atomic E-state index is -0.879. The van der Waals surface area contributed by atoms with Crippen LogP contribution < -0.4 is 0 Å². The summed E-state index contributed by atoms with van der Waals surface area (Å²) in [6.07, 6.45) is 0.296. The molecule has 2 nitrogen and oxygen atoms in total. The first kappa shape index (κ1) is 11.6. The third-order valence-electron chi connectivity index (χ3n) is 2.24. The van der Waals surface area contributed by atoms with Crippen LogP contribution in [0.5, 0.6) is 0 Å². The predicted molar refractivity (Wildman–Crippen MR) is 51.4 cm³/mol. The maximum absolute atomic E-state index is 13.3. The molecule has 1 aromatic rings.